The Morgan fingerprint density at radius 1 is 1.10 bits per heavy atom. The molecule has 0 fully saturated rings. The van der Waals surface area contributed by atoms with E-state index >= 15 is 0 Å². The van der Waals surface area contributed by atoms with E-state index in [1.54, 1.807) is 0 Å². The molecule has 112 valence electrons. The lowest BCUT2D eigenvalue weighted by atomic mass is 10.2. The van der Waals surface area contributed by atoms with Gasteiger partial charge in [-0.2, -0.15) is 0 Å². The lowest BCUT2D eigenvalue weighted by Crippen LogP contribution is -2.24. The normalized spacial score (nSPS) is 12.1. The molecule has 2 rings (SSSR count). The lowest BCUT2D eigenvalue weighted by molar-refractivity contribution is 0.306. The summed E-state index contributed by atoms with van der Waals surface area (Å²) >= 11 is 5.96. The van der Waals surface area contributed by atoms with Gasteiger partial charge in [0.25, 0.3) is 0 Å². The largest absolute Gasteiger partial charge is 0.489 e. The van der Waals surface area contributed by atoms with E-state index in [9.17, 15) is 0 Å². The number of hydrogen-bond donors (Lipinski definition) is 1. The topological polar surface area (TPSA) is 21.3 Å². The van der Waals surface area contributed by atoms with Crippen LogP contribution in [-0.2, 0) is 13.2 Å². The number of ether oxygens (including phenoxy) is 1. The van der Waals surface area contributed by atoms with Crippen LogP contribution in [0.25, 0.3) is 0 Å². The summed E-state index contributed by atoms with van der Waals surface area (Å²) in [4.78, 5) is 0. The van der Waals surface area contributed by atoms with E-state index in [2.05, 4.69) is 31.3 Å². The molecule has 3 heteroatoms. The fourth-order valence-electron chi connectivity index (χ4n) is 1.93. The van der Waals surface area contributed by atoms with Crippen molar-refractivity contribution in [1.29, 1.82) is 0 Å². The molecule has 0 unspecified atom stereocenters. The summed E-state index contributed by atoms with van der Waals surface area (Å²) in [6.45, 7) is 5.81. The van der Waals surface area contributed by atoms with Gasteiger partial charge >= 0.3 is 0 Å². The SMILES string of the molecule is CC[C@@H](C)NCc1ccc(OCc2cccc(Cl)c2)cc1. The minimum atomic E-state index is 0.533. The summed E-state index contributed by atoms with van der Waals surface area (Å²) in [5, 5.41) is 4.22. The maximum absolute atomic E-state index is 5.96. The van der Waals surface area contributed by atoms with Crippen LogP contribution in [0.4, 0.5) is 0 Å². The zero-order valence-corrected chi connectivity index (χ0v) is 13.4. The van der Waals surface area contributed by atoms with Gasteiger partial charge < -0.3 is 10.1 Å². The first kappa shape index (κ1) is 15.9. The zero-order valence-electron chi connectivity index (χ0n) is 12.6. The van der Waals surface area contributed by atoms with Crippen molar-refractivity contribution in [2.45, 2.75) is 39.5 Å². The zero-order chi connectivity index (χ0) is 15.1. The summed E-state index contributed by atoms with van der Waals surface area (Å²) in [6.07, 6.45) is 1.14. The second-order valence-electron chi connectivity index (χ2n) is 5.25. The third kappa shape index (κ3) is 5.41. The number of halogens is 1. The first-order valence-corrected chi connectivity index (χ1v) is 7.74. The number of hydrogen-bond acceptors (Lipinski definition) is 2. The van der Waals surface area contributed by atoms with Crippen LogP contribution >= 0.6 is 11.6 Å². The smallest absolute Gasteiger partial charge is 0.119 e. The summed E-state index contributed by atoms with van der Waals surface area (Å²) in [6, 6.07) is 16.5. The van der Waals surface area contributed by atoms with Crippen LogP contribution in [0.2, 0.25) is 5.02 Å². The van der Waals surface area contributed by atoms with Crippen LogP contribution in [0.1, 0.15) is 31.4 Å². The van der Waals surface area contributed by atoms with Gasteiger partial charge in [-0.3, -0.25) is 0 Å². The average molecular weight is 304 g/mol. The first-order chi connectivity index (χ1) is 10.2. The highest BCUT2D eigenvalue weighted by atomic mass is 35.5. The van der Waals surface area contributed by atoms with Gasteiger partial charge in [-0.15, -0.1) is 0 Å². The molecule has 2 aromatic rings. The predicted octanol–water partition coefficient (Wildman–Crippen LogP) is 4.81. The average Bonchev–Trinajstić information content (AvgIpc) is 2.51. The summed E-state index contributed by atoms with van der Waals surface area (Å²) in [5.74, 6) is 0.877. The van der Waals surface area contributed by atoms with Crippen molar-refractivity contribution in [3.8, 4) is 5.75 Å². The Labute approximate surface area is 132 Å². The minimum absolute atomic E-state index is 0.533. The molecular formula is C18H22ClNO. The fraction of sp³-hybridized carbons (Fsp3) is 0.333. The van der Waals surface area contributed by atoms with Crippen LogP contribution in [-0.4, -0.2) is 6.04 Å². The molecular weight excluding hydrogens is 282 g/mol. The molecule has 0 bridgehead atoms. The van der Waals surface area contributed by atoms with Crippen LogP contribution in [0.3, 0.4) is 0 Å². The number of benzene rings is 2. The fourth-order valence-corrected chi connectivity index (χ4v) is 2.15. The van der Waals surface area contributed by atoms with E-state index in [1.807, 2.05) is 36.4 Å². The quantitative estimate of drug-likeness (QED) is 0.793. The van der Waals surface area contributed by atoms with Crippen molar-refractivity contribution >= 4 is 11.6 Å². The van der Waals surface area contributed by atoms with E-state index in [0.29, 0.717) is 12.6 Å². The molecule has 2 nitrogen and oxygen atoms in total. The van der Waals surface area contributed by atoms with E-state index in [1.165, 1.54) is 5.56 Å². The number of rotatable bonds is 7. The van der Waals surface area contributed by atoms with Gasteiger partial charge in [-0.25, -0.2) is 0 Å². The Kier molecular flexibility index (Phi) is 6.09. The van der Waals surface area contributed by atoms with Crippen molar-refractivity contribution in [2.75, 3.05) is 0 Å². The third-order valence-electron chi connectivity index (χ3n) is 3.48. The molecule has 0 saturated carbocycles. The lowest BCUT2D eigenvalue weighted by Gasteiger charge is -2.12. The Bertz CT molecular complexity index is 553. The van der Waals surface area contributed by atoms with Gasteiger partial charge in [0, 0.05) is 17.6 Å². The van der Waals surface area contributed by atoms with Gasteiger partial charge in [-0.05, 0) is 48.7 Å². The Hall–Kier alpha value is -1.51. The molecule has 0 aliphatic heterocycles. The summed E-state index contributed by atoms with van der Waals surface area (Å²) < 4.78 is 5.77. The standard InChI is InChI=1S/C18H22ClNO/c1-3-14(2)20-12-15-7-9-18(10-8-15)21-13-16-5-4-6-17(19)11-16/h4-11,14,20H,3,12-13H2,1-2H3/t14-/m1/s1. The molecule has 0 spiro atoms. The van der Waals surface area contributed by atoms with Crippen LogP contribution < -0.4 is 10.1 Å². The first-order valence-electron chi connectivity index (χ1n) is 7.37. The molecule has 0 heterocycles. The van der Waals surface area contributed by atoms with Gasteiger partial charge in [0.2, 0.25) is 0 Å². The molecule has 0 aliphatic rings. The second kappa shape index (κ2) is 8.06. The highest BCUT2D eigenvalue weighted by Crippen LogP contribution is 2.16. The van der Waals surface area contributed by atoms with Gasteiger partial charge in [-0.1, -0.05) is 42.8 Å². The van der Waals surface area contributed by atoms with Crippen molar-refractivity contribution < 1.29 is 4.74 Å². The van der Waals surface area contributed by atoms with Crippen LogP contribution in [0, 0.1) is 0 Å². The molecule has 21 heavy (non-hydrogen) atoms. The predicted molar refractivity (Wildman–Crippen MR) is 88.8 cm³/mol. The highest BCUT2D eigenvalue weighted by molar-refractivity contribution is 6.30. The highest BCUT2D eigenvalue weighted by Gasteiger charge is 2.00. The maximum atomic E-state index is 5.96. The summed E-state index contributed by atoms with van der Waals surface area (Å²) in [5.41, 5.74) is 2.34. The van der Waals surface area contributed by atoms with Crippen LogP contribution in [0.5, 0.6) is 5.75 Å². The van der Waals surface area contributed by atoms with Gasteiger partial charge in [0.1, 0.15) is 12.4 Å². The molecule has 2 aromatic carbocycles. The molecule has 0 aromatic heterocycles. The Morgan fingerprint density at radius 3 is 2.52 bits per heavy atom. The van der Waals surface area contributed by atoms with Crippen molar-refractivity contribution in [3.63, 3.8) is 0 Å². The number of nitrogens with one attached hydrogen (secondary N) is 1. The molecule has 0 amide bonds. The summed E-state index contributed by atoms with van der Waals surface area (Å²) in [7, 11) is 0. The van der Waals surface area contributed by atoms with Gasteiger partial charge in [0.15, 0.2) is 0 Å². The van der Waals surface area contributed by atoms with E-state index < -0.39 is 0 Å². The third-order valence-corrected chi connectivity index (χ3v) is 3.72. The molecule has 0 aliphatic carbocycles. The molecule has 1 N–H and O–H groups in total. The van der Waals surface area contributed by atoms with Crippen molar-refractivity contribution in [1.82, 2.24) is 5.32 Å². The second-order valence-corrected chi connectivity index (χ2v) is 5.69. The van der Waals surface area contributed by atoms with Gasteiger partial charge in [0.05, 0.1) is 0 Å². The van der Waals surface area contributed by atoms with E-state index in [4.69, 9.17) is 16.3 Å². The monoisotopic (exact) mass is 303 g/mol. The molecule has 0 saturated heterocycles. The Morgan fingerprint density at radius 2 is 1.86 bits per heavy atom. The molecule has 0 radical (unpaired) electrons. The Balaban J connectivity index is 1.85. The van der Waals surface area contributed by atoms with Crippen molar-refractivity contribution in [3.05, 3.63) is 64.7 Å². The van der Waals surface area contributed by atoms with Crippen LogP contribution in [0.15, 0.2) is 48.5 Å². The maximum Gasteiger partial charge on any atom is 0.119 e. The van der Waals surface area contributed by atoms with E-state index in [0.717, 1.165) is 29.3 Å². The van der Waals surface area contributed by atoms with E-state index in [-0.39, 0.29) is 0 Å². The minimum Gasteiger partial charge on any atom is -0.489 e. The van der Waals surface area contributed by atoms with Crippen molar-refractivity contribution in [2.24, 2.45) is 0 Å². The molecule has 1 atom stereocenters.